The molecule has 1 saturated heterocycles. The second kappa shape index (κ2) is 7.87. The van der Waals surface area contributed by atoms with Crippen LogP contribution in [0.5, 0.6) is 0 Å². The van der Waals surface area contributed by atoms with Gasteiger partial charge >= 0.3 is 0 Å². The van der Waals surface area contributed by atoms with Crippen LogP contribution in [0.3, 0.4) is 0 Å². The zero-order valence-corrected chi connectivity index (χ0v) is 13.5. The second-order valence-electron chi connectivity index (χ2n) is 6.25. The van der Waals surface area contributed by atoms with Crippen LogP contribution in [0.1, 0.15) is 30.9 Å². The minimum absolute atomic E-state index is 0.0896. The first-order chi connectivity index (χ1) is 10.1. The summed E-state index contributed by atoms with van der Waals surface area (Å²) in [6, 6.07) is 7.83. The van der Waals surface area contributed by atoms with Crippen molar-refractivity contribution in [1.82, 2.24) is 15.1 Å². The van der Waals surface area contributed by atoms with Gasteiger partial charge in [0.15, 0.2) is 0 Å². The summed E-state index contributed by atoms with van der Waals surface area (Å²) in [6.45, 7) is 3.31. The van der Waals surface area contributed by atoms with Crippen LogP contribution in [-0.4, -0.2) is 56.6 Å². The molecule has 0 saturated carbocycles. The Bertz CT molecular complexity index is 436. The average molecular weight is 293 g/mol. The predicted octanol–water partition coefficient (Wildman–Crippen LogP) is 2.50. The third kappa shape index (κ3) is 4.50. The van der Waals surface area contributed by atoms with Crippen molar-refractivity contribution >= 4 is 0 Å². The molecule has 4 heteroatoms. The molecule has 1 aliphatic rings. The minimum atomic E-state index is -0.108. The Morgan fingerprint density at radius 1 is 1.38 bits per heavy atom. The molecule has 2 rings (SSSR count). The normalized spacial score (nSPS) is 21.1. The topological polar surface area (TPSA) is 18.5 Å². The molecule has 1 heterocycles. The Labute approximate surface area is 128 Å². The molecule has 21 heavy (non-hydrogen) atoms. The number of nitrogens with zero attached hydrogens (tertiary/aromatic N) is 2. The predicted molar refractivity (Wildman–Crippen MR) is 86.0 cm³/mol. The van der Waals surface area contributed by atoms with Gasteiger partial charge in [0, 0.05) is 30.7 Å². The van der Waals surface area contributed by atoms with Gasteiger partial charge in [-0.05, 0) is 53.0 Å². The summed E-state index contributed by atoms with van der Waals surface area (Å²) in [5.41, 5.74) is 0.781. The fourth-order valence-corrected chi connectivity index (χ4v) is 3.33. The summed E-state index contributed by atoms with van der Waals surface area (Å²) in [7, 11) is 6.18. The SMILES string of the molecule is CNC(CCN1CCCC1CN(C)C)c1ccccc1F. The summed E-state index contributed by atoms with van der Waals surface area (Å²) in [5.74, 6) is -0.108. The van der Waals surface area contributed by atoms with E-state index in [1.165, 1.54) is 19.4 Å². The van der Waals surface area contributed by atoms with Gasteiger partial charge in [-0.15, -0.1) is 0 Å². The highest BCUT2D eigenvalue weighted by Crippen LogP contribution is 2.23. The van der Waals surface area contributed by atoms with Crippen LogP contribution in [0.2, 0.25) is 0 Å². The molecular weight excluding hydrogens is 265 g/mol. The van der Waals surface area contributed by atoms with Crippen molar-refractivity contribution in [3.8, 4) is 0 Å². The van der Waals surface area contributed by atoms with E-state index in [1.807, 2.05) is 19.2 Å². The summed E-state index contributed by atoms with van der Waals surface area (Å²) in [4.78, 5) is 4.82. The van der Waals surface area contributed by atoms with Crippen molar-refractivity contribution in [1.29, 1.82) is 0 Å². The van der Waals surface area contributed by atoms with Crippen LogP contribution in [0.4, 0.5) is 4.39 Å². The number of nitrogens with one attached hydrogen (secondary N) is 1. The number of likely N-dealkylation sites (N-methyl/N-ethyl adjacent to an activating group) is 1. The van der Waals surface area contributed by atoms with Crippen LogP contribution in [0.15, 0.2) is 24.3 Å². The first-order valence-electron chi connectivity index (χ1n) is 7.92. The zero-order valence-electron chi connectivity index (χ0n) is 13.5. The minimum Gasteiger partial charge on any atom is -0.313 e. The third-order valence-electron chi connectivity index (χ3n) is 4.41. The van der Waals surface area contributed by atoms with Gasteiger partial charge in [-0.3, -0.25) is 4.90 Å². The summed E-state index contributed by atoms with van der Waals surface area (Å²) < 4.78 is 13.9. The van der Waals surface area contributed by atoms with E-state index in [-0.39, 0.29) is 11.9 Å². The van der Waals surface area contributed by atoms with E-state index < -0.39 is 0 Å². The van der Waals surface area contributed by atoms with Crippen LogP contribution < -0.4 is 5.32 Å². The second-order valence-corrected chi connectivity index (χ2v) is 6.25. The first-order valence-corrected chi connectivity index (χ1v) is 7.92. The maximum absolute atomic E-state index is 13.9. The van der Waals surface area contributed by atoms with Crippen molar-refractivity contribution in [3.05, 3.63) is 35.6 Å². The van der Waals surface area contributed by atoms with Crippen LogP contribution >= 0.6 is 0 Å². The third-order valence-corrected chi connectivity index (χ3v) is 4.41. The molecule has 0 aliphatic carbocycles. The molecule has 3 nitrogen and oxygen atoms in total. The van der Waals surface area contributed by atoms with E-state index in [0.717, 1.165) is 25.1 Å². The quantitative estimate of drug-likeness (QED) is 0.833. The maximum Gasteiger partial charge on any atom is 0.127 e. The monoisotopic (exact) mass is 293 g/mol. The number of benzene rings is 1. The maximum atomic E-state index is 13.9. The van der Waals surface area contributed by atoms with Gasteiger partial charge < -0.3 is 10.2 Å². The van der Waals surface area contributed by atoms with Crippen molar-refractivity contribution in [2.45, 2.75) is 31.3 Å². The zero-order chi connectivity index (χ0) is 15.2. The van der Waals surface area contributed by atoms with E-state index in [1.54, 1.807) is 12.1 Å². The molecule has 118 valence electrons. The lowest BCUT2D eigenvalue weighted by Crippen LogP contribution is -2.39. The molecule has 2 atom stereocenters. The Kier molecular flexibility index (Phi) is 6.15. The van der Waals surface area contributed by atoms with Gasteiger partial charge in [-0.2, -0.15) is 0 Å². The van der Waals surface area contributed by atoms with Crippen molar-refractivity contribution in [2.75, 3.05) is 40.8 Å². The molecule has 0 bridgehead atoms. The number of likely N-dealkylation sites (tertiary alicyclic amines) is 1. The van der Waals surface area contributed by atoms with Crippen molar-refractivity contribution < 1.29 is 4.39 Å². The summed E-state index contributed by atoms with van der Waals surface area (Å²) in [6.07, 6.45) is 3.51. The molecule has 1 fully saturated rings. The highest BCUT2D eigenvalue weighted by Gasteiger charge is 2.25. The lowest BCUT2D eigenvalue weighted by molar-refractivity contribution is 0.199. The van der Waals surface area contributed by atoms with Crippen LogP contribution in [0, 0.1) is 5.82 Å². The first kappa shape index (κ1) is 16.4. The largest absolute Gasteiger partial charge is 0.313 e. The number of hydrogen-bond acceptors (Lipinski definition) is 3. The summed E-state index contributed by atoms with van der Waals surface area (Å²) >= 11 is 0. The van der Waals surface area contributed by atoms with E-state index in [0.29, 0.717) is 6.04 Å². The van der Waals surface area contributed by atoms with Gasteiger partial charge in [0.2, 0.25) is 0 Å². The Morgan fingerprint density at radius 2 is 2.14 bits per heavy atom. The standard InChI is InChI=1S/C17H28FN3/c1-19-17(15-8-4-5-9-16(15)18)10-12-21-11-6-7-14(21)13-20(2)3/h4-5,8-9,14,17,19H,6-7,10-13H2,1-3H3. The number of hydrogen-bond donors (Lipinski definition) is 1. The van der Waals surface area contributed by atoms with Crippen molar-refractivity contribution in [2.24, 2.45) is 0 Å². The van der Waals surface area contributed by atoms with E-state index in [9.17, 15) is 4.39 Å². The summed E-state index contributed by atoms with van der Waals surface area (Å²) in [5, 5.41) is 3.26. The molecule has 0 spiro atoms. The Hall–Kier alpha value is -0.970. The van der Waals surface area contributed by atoms with Gasteiger partial charge in [0.1, 0.15) is 5.82 Å². The molecule has 1 N–H and O–H groups in total. The molecule has 1 aromatic rings. The van der Waals surface area contributed by atoms with E-state index >= 15 is 0 Å². The van der Waals surface area contributed by atoms with E-state index in [2.05, 4.69) is 29.2 Å². The Balaban J connectivity index is 1.92. The molecule has 0 amide bonds. The molecule has 2 unspecified atom stereocenters. The lowest BCUT2D eigenvalue weighted by atomic mass is 10.0. The fourth-order valence-electron chi connectivity index (χ4n) is 3.33. The van der Waals surface area contributed by atoms with Crippen LogP contribution in [0.25, 0.3) is 0 Å². The lowest BCUT2D eigenvalue weighted by Gasteiger charge is -2.28. The average Bonchev–Trinajstić information content (AvgIpc) is 2.88. The van der Waals surface area contributed by atoms with Gasteiger partial charge in [0.05, 0.1) is 0 Å². The van der Waals surface area contributed by atoms with Crippen LogP contribution in [-0.2, 0) is 0 Å². The molecule has 1 aromatic carbocycles. The smallest absolute Gasteiger partial charge is 0.127 e. The molecular formula is C17H28FN3. The van der Waals surface area contributed by atoms with Gasteiger partial charge in [0.25, 0.3) is 0 Å². The fraction of sp³-hybridized carbons (Fsp3) is 0.647. The van der Waals surface area contributed by atoms with Gasteiger partial charge in [-0.25, -0.2) is 4.39 Å². The number of rotatable bonds is 7. The van der Waals surface area contributed by atoms with E-state index in [4.69, 9.17) is 0 Å². The van der Waals surface area contributed by atoms with Gasteiger partial charge in [-0.1, -0.05) is 18.2 Å². The molecule has 1 aliphatic heterocycles. The molecule has 0 aromatic heterocycles. The highest BCUT2D eigenvalue weighted by molar-refractivity contribution is 5.21. The van der Waals surface area contributed by atoms with Crippen molar-refractivity contribution in [3.63, 3.8) is 0 Å². The number of halogens is 1. The Morgan fingerprint density at radius 3 is 2.81 bits per heavy atom. The molecule has 0 radical (unpaired) electrons. The highest BCUT2D eigenvalue weighted by atomic mass is 19.1.